The Morgan fingerprint density at radius 3 is 2.46 bits per heavy atom. The minimum Gasteiger partial charge on any atom is -0.484 e. The lowest BCUT2D eigenvalue weighted by Gasteiger charge is -2.08. The minimum atomic E-state index is -0.235. The van der Waals surface area contributed by atoms with Crippen LogP contribution in [0.15, 0.2) is 73.2 Å². The molecule has 0 bridgehead atoms. The summed E-state index contributed by atoms with van der Waals surface area (Å²) in [5.74, 6) is 1.43. The van der Waals surface area contributed by atoms with Crippen LogP contribution in [0.1, 0.15) is 0 Å². The van der Waals surface area contributed by atoms with E-state index in [-0.39, 0.29) is 12.5 Å². The van der Waals surface area contributed by atoms with Gasteiger partial charge in [0, 0.05) is 18.1 Å². The van der Waals surface area contributed by atoms with Gasteiger partial charge in [0.1, 0.15) is 11.5 Å². The van der Waals surface area contributed by atoms with Crippen LogP contribution in [0.5, 0.6) is 17.4 Å². The number of hydrogen-bond donors (Lipinski definition) is 1. The summed E-state index contributed by atoms with van der Waals surface area (Å²) in [6.07, 6.45) is 4.65. The Morgan fingerprint density at radius 2 is 1.75 bits per heavy atom. The third kappa shape index (κ3) is 4.54. The summed E-state index contributed by atoms with van der Waals surface area (Å²) in [5, 5.41) is 2.76. The first kappa shape index (κ1) is 15.5. The van der Waals surface area contributed by atoms with Crippen LogP contribution in [0, 0.1) is 0 Å². The average Bonchev–Trinajstić information content (AvgIpc) is 2.63. The Balaban J connectivity index is 1.51. The summed E-state index contributed by atoms with van der Waals surface area (Å²) in [6.45, 7) is -0.0537. The van der Waals surface area contributed by atoms with Crippen molar-refractivity contribution in [1.82, 2.24) is 9.97 Å². The van der Waals surface area contributed by atoms with Crippen molar-refractivity contribution in [1.29, 1.82) is 0 Å². The van der Waals surface area contributed by atoms with Crippen molar-refractivity contribution in [3.63, 3.8) is 0 Å². The summed E-state index contributed by atoms with van der Waals surface area (Å²) >= 11 is 0. The standard InChI is InChI=1S/C18H15N3O3/c22-17(13-23-15-4-2-1-3-5-15)21-14-6-8-16(9-7-14)24-18-12-19-10-11-20-18/h1-12H,13H2,(H,21,22). The van der Waals surface area contributed by atoms with Gasteiger partial charge in [0.2, 0.25) is 5.88 Å². The van der Waals surface area contributed by atoms with Crippen molar-refractivity contribution in [3.05, 3.63) is 73.2 Å². The van der Waals surface area contributed by atoms with Gasteiger partial charge in [-0.25, -0.2) is 4.98 Å². The monoisotopic (exact) mass is 321 g/mol. The van der Waals surface area contributed by atoms with Crippen molar-refractivity contribution in [2.75, 3.05) is 11.9 Å². The fraction of sp³-hybridized carbons (Fsp3) is 0.0556. The Labute approximate surface area is 139 Å². The zero-order chi connectivity index (χ0) is 16.6. The van der Waals surface area contributed by atoms with Gasteiger partial charge in [-0.3, -0.25) is 9.78 Å². The third-order valence-electron chi connectivity index (χ3n) is 3.01. The lowest BCUT2D eigenvalue weighted by molar-refractivity contribution is -0.118. The molecule has 1 amide bonds. The van der Waals surface area contributed by atoms with E-state index in [1.165, 1.54) is 6.20 Å². The lowest BCUT2D eigenvalue weighted by atomic mass is 10.3. The van der Waals surface area contributed by atoms with Crippen molar-refractivity contribution in [3.8, 4) is 17.4 Å². The molecule has 1 N–H and O–H groups in total. The number of aromatic nitrogens is 2. The second-order valence-corrected chi connectivity index (χ2v) is 4.82. The molecule has 6 heteroatoms. The molecule has 1 aromatic heterocycles. The summed E-state index contributed by atoms with van der Waals surface area (Å²) in [5.41, 5.74) is 0.656. The predicted octanol–water partition coefficient (Wildman–Crippen LogP) is 3.29. The molecule has 1 heterocycles. The number of benzene rings is 2. The molecule has 3 aromatic rings. The summed E-state index contributed by atoms with van der Waals surface area (Å²) in [4.78, 5) is 19.8. The molecule has 0 saturated carbocycles. The first-order valence-electron chi connectivity index (χ1n) is 7.31. The lowest BCUT2D eigenvalue weighted by Crippen LogP contribution is -2.20. The number of nitrogens with one attached hydrogen (secondary N) is 1. The van der Waals surface area contributed by atoms with E-state index in [0.29, 0.717) is 23.1 Å². The van der Waals surface area contributed by atoms with Crippen LogP contribution in [0.3, 0.4) is 0 Å². The van der Waals surface area contributed by atoms with Gasteiger partial charge in [-0.05, 0) is 36.4 Å². The second-order valence-electron chi connectivity index (χ2n) is 4.82. The number of anilines is 1. The van der Waals surface area contributed by atoms with Gasteiger partial charge < -0.3 is 14.8 Å². The Kier molecular flexibility index (Phi) is 4.99. The minimum absolute atomic E-state index is 0.0537. The van der Waals surface area contributed by atoms with Crippen LogP contribution >= 0.6 is 0 Å². The van der Waals surface area contributed by atoms with E-state index in [4.69, 9.17) is 9.47 Å². The number of nitrogens with zero attached hydrogens (tertiary/aromatic N) is 2. The van der Waals surface area contributed by atoms with Gasteiger partial charge in [0.15, 0.2) is 6.61 Å². The highest BCUT2D eigenvalue weighted by molar-refractivity contribution is 5.91. The zero-order valence-electron chi connectivity index (χ0n) is 12.8. The molecule has 6 nitrogen and oxygen atoms in total. The molecule has 24 heavy (non-hydrogen) atoms. The van der Waals surface area contributed by atoms with Gasteiger partial charge in [-0.2, -0.15) is 0 Å². The van der Waals surface area contributed by atoms with Crippen LogP contribution in [0.25, 0.3) is 0 Å². The molecule has 0 aliphatic heterocycles. The normalized spacial score (nSPS) is 10.0. The summed E-state index contributed by atoms with van der Waals surface area (Å²) < 4.78 is 10.9. The number of ether oxygens (including phenoxy) is 2. The van der Waals surface area contributed by atoms with E-state index in [0.717, 1.165) is 0 Å². The molecule has 0 saturated heterocycles. The molecule has 3 rings (SSSR count). The van der Waals surface area contributed by atoms with E-state index < -0.39 is 0 Å². The highest BCUT2D eigenvalue weighted by Crippen LogP contribution is 2.20. The molecule has 0 fully saturated rings. The Bertz CT molecular complexity index is 778. The average molecular weight is 321 g/mol. The predicted molar refractivity (Wildman–Crippen MR) is 89.1 cm³/mol. The molecule has 0 spiro atoms. The van der Waals surface area contributed by atoms with Crippen LogP contribution in [0.2, 0.25) is 0 Å². The molecule has 120 valence electrons. The fourth-order valence-corrected chi connectivity index (χ4v) is 1.93. The van der Waals surface area contributed by atoms with Crippen molar-refractivity contribution in [2.24, 2.45) is 0 Å². The van der Waals surface area contributed by atoms with Crippen LogP contribution in [-0.2, 0) is 4.79 Å². The number of amides is 1. The van der Waals surface area contributed by atoms with E-state index >= 15 is 0 Å². The number of rotatable bonds is 6. The molecule has 0 atom stereocenters. The number of carbonyl (C=O) groups is 1. The van der Waals surface area contributed by atoms with Gasteiger partial charge in [0.25, 0.3) is 5.91 Å². The Morgan fingerprint density at radius 1 is 0.958 bits per heavy atom. The topological polar surface area (TPSA) is 73.3 Å². The fourth-order valence-electron chi connectivity index (χ4n) is 1.93. The molecular formula is C18H15N3O3. The zero-order valence-corrected chi connectivity index (χ0v) is 12.8. The quantitative estimate of drug-likeness (QED) is 0.754. The molecule has 0 aliphatic rings. The number of hydrogen-bond acceptors (Lipinski definition) is 5. The SMILES string of the molecule is O=C(COc1ccccc1)Nc1ccc(Oc2cnccn2)cc1. The molecule has 0 radical (unpaired) electrons. The van der Waals surface area contributed by atoms with Crippen LogP contribution in [-0.4, -0.2) is 22.5 Å². The number of carbonyl (C=O) groups excluding carboxylic acids is 1. The highest BCUT2D eigenvalue weighted by Gasteiger charge is 2.04. The maximum atomic E-state index is 11.9. The molecule has 0 aliphatic carbocycles. The summed E-state index contributed by atoms with van der Waals surface area (Å²) in [6, 6.07) is 16.1. The van der Waals surface area contributed by atoms with Crippen molar-refractivity contribution < 1.29 is 14.3 Å². The van der Waals surface area contributed by atoms with Crippen LogP contribution in [0.4, 0.5) is 5.69 Å². The molecular weight excluding hydrogens is 306 g/mol. The summed E-state index contributed by atoms with van der Waals surface area (Å²) in [7, 11) is 0. The first-order valence-corrected chi connectivity index (χ1v) is 7.31. The van der Waals surface area contributed by atoms with Crippen molar-refractivity contribution in [2.45, 2.75) is 0 Å². The maximum absolute atomic E-state index is 11.9. The molecule has 2 aromatic carbocycles. The first-order chi connectivity index (χ1) is 11.8. The van der Waals surface area contributed by atoms with Gasteiger partial charge in [-0.1, -0.05) is 18.2 Å². The van der Waals surface area contributed by atoms with E-state index in [1.807, 2.05) is 18.2 Å². The third-order valence-corrected chi connectivity index (χ3v) is 3.01. The van der Waals surface area contributed by atoms with Crippen LogP contribution < -0.4 is 14.8 Å². The van der Waals surface area contributed by atoms with E-state index in [2.05, 4.69) is 15.3 Å². The largest absolute Gasteiger partial charge is 0.484 e. The maximum Gasteiger partial charge on any atom is 0.262 e. The van der Waals surface area contributed by atoms with Gasteiger partial charge in [0.05, 0.1) is 6.20 Å². The van der Waals surface area contributed by atoms with Gasteiger partial charge in [-0.15, -0.1) is 0 Å². The highest BCUT2D eigenvalue weighted by atomic mass is 16.5. The second kappa shape index (κ2) is 7.73. The van der Waals surface area contributed by atoms with E-state index in [1.54, 1.807) is 48.8 Å². The molecule has 0 unspecified atom stereocenters. The Hall–Kier alpha value is -3.41. The smallest absolute Gasteiger partial charge is 0.262 e. The number of para-hydroxylation sites is 1. The van der Waals surface area contributed by atoms with Gasteiger partial charge >= 0.3 is 0 Å². The van der Waals surface area contributed by atoms with Crippen molar-refractivity contribution >= 4 is 11.6 Å². The van der Waals surface area contributed by atoms with E-state index in [9.17, 15) is 4.79 Å².